The first-order valence-corrected chi connectivity index (χ1v) is 10.5. The van der Waals surface area contributed by atoms with Gasteiger partial charge in [0, 0.05) is 5.69 Å². The lowest BCUT2D eigenvalue weighted by Gasteiger charge is -2.09. The number of fused-ring (bicyclic) bond motifs is 1. The van der Waals surface area contributed by atoms with E-state index in [1.54, 1.807) is 0 Å². The molecule has 0 saturated heterocycles. The molecule has 0 radical (unpaired) electrons. The summed E-state index contributed by atoms with van der Waals surface area (Å²) in [6.45, 7) is 4.17. The summed E-state index contributed by atoms with van der Waals surface area (Å²) in [6, 6.07) is 19.8. The molecule has 152 valence electrons. The molecule has 0 aliphatic carbocycles. The summed E-state index contributed by atoms with van der Waals surface area (Å²) in [6.07, 6.45) is 0. The van der Waals surface area contributed by atoms with Gasteiger partial charge in [-0.05, 0) is 47.9 Å². The van der Waals surface area contributed by atoms with Gasteiger partial charge in [-0.15, -0.1) is 10.2 Å². The van der Waals surface area contributed by atoms with Crippen molar-refractivity contribution in [1.82, 2.24) is 10.2 Å². The second kappa shape index (κ2) is 9.00. The van der Waals surface area contributed by atoms with Gasteiger partial charge in [-0.3, -0.25) is 4.79 Å². The van der Waals surface area contributed by atoms with Gasteiger partial charge in [0.1, 0.15) is 5.75 Å². The van der Waals surface area contributed by atoms with Crippen LogP contribution in [0.3, 0.4) is 0 Å². The first-order valence-electron chi connectivity index (χ1n) is 9.51. The summed E-state index contributed by atoms with van der Waals surface area (Å²) < 4.78 is 11.4. The maximum absolute atomic E-state index is 12.3. The van der Waals surface area contributed by atoms with Crippen LogP contribution in [0.2, 0.25) is 0 Å². The molecule has 4 rings (SSSR count). The van der Waals surface area contributed by atoms with Gasteiger partial charge in [0.15, 0.2) is 6.61 Å². The molecule has 0 spiro atoms. The highest BCUT2D eigenvalue weighted by Gasteiger charge is 2.12. The van der Waals surface area contributed by atoms with Crippen molar-refractivity contribution in [3.05, 3.63) is 77.7 Å². The molecule has 7 heteroatoms. The molecular weight excluding hydrogens is 398 g/mol. The second-order valence-corrected chi connectivity index (χ2v) is 7.80. The molecule has 0 atom stereocenters. The number of amides is 1. The van der Waals surface area contributed by atoms with Crippen molar-refractivity contribution in [2.24, 2.45) is 0 Å². The molecule has 1 aromatic heterocycles. The molecule has 6 nitrogen and oxygen atoms in total. The van der Waals surface area contributed by atoms with Gasteiger partial charge < -0.3 is 14.5 Å². The van der Waals surface area contributed by atoms with Crippen molar-refractivity contribution in [2.75, 3.05) is 11.1 Å². The molecule has 0 bridgehead atoms. The number of anilines is 1. The van der Waals surface area contributed by atoms with Crippen molar-refractivity contribution in [3.63, 3.8) is 0 Å². The number of thioether (sulfide) groups is 1. The van der Waals surface area contributed by atoms with Crippen molar-refractivity contribution >= 4 is 34.1 Å². The van der Waals surface area contributed by atoms with Gasteiger partial charge in [-0.25, -0.2) is 0 Å². The zero-order valence-electron chi connectivity index (χ0n) is 16.7. The average Bonchev–Trinajstić information content (AvgIpc) is 3.20. The monoisotopic (exact) mass is 419 g/mol. The number of nitrogens with zero attached hydrogens (tertiary/aromatic N) is 2. The number of rotatable bonds is 7. The summed E-state index contributed by atoms with van der Waals surface area (Å²) in [5.41, 5.74) is 2.86. The fraction of sp³-hybridized carbons (Fsp3) is 0.174. The lowest BCUT2D eigenvalue weighted by molar-refractivity contribution is -0.113. The molecule has 1 N–H and O–H groups in total. The Hall–Kier alpha value is -3.32. The molecule has 3 aromatic carbocycles. The lowest BCUT2D eigenvalue weighted by Crippen LogP contribution is -2.13. The smallest absolute Gasteiger partial charge is 0.277 e. The average molecular weight is 420 g/mol. The number of aryl methyl sites for hydroxylation is 2. The quantitative estimate of drug-likeness (QED) is 0.418. The normalized spacial score (nSPS) is 10.9. The summed E-state index contributed by atoms with van der Waals surface area (Å²) in [4.78, 5) is 12.3. The zero-order valence-corrected chi connectivity index (χ0v) is 17.5. The van der Waals surface area contributed by atoms with Gasteiger partial charge in [-0.1, -0.05) is 60.3 Å². The molecule has 1 heterocycles. The minimum absolute atomic E-state index is 0.137. The molecule has 0 aliphatic heterocycles. The third-order valence-electron chi connectivity index (χ3n) is 4.56. The van der Waals surface area contributed by atoms with Crippen LogP contribution in [0.5, 0.6) is 5.75 Å². The number of para-hydroxylation sites is 1. The fourth-order valence-electron chi connectivity index (χ4n) is 3.11. The Morgan fingerprint density at radius 1 is 1.00 bits per heavy atom. The minimum Gasteiger partial charge on any atom is -0.483 e. The van der Waals surface area contributed by atoms with Crippen LogP contribution in [0.15, 0.2) is 70.3 Å². The highest BCUT2D eigenvalue weighted by Crippen LogP contribution is 2.24. The summed E-state index contributed by atoms with van der Waals surface area (Å²) in [5.74, 6) is 1.23. The van der Waals surface area contributed by atoms with Crippen LogP contribution >= 0.6 is 11.8 Å². The maximum Gasteiger partial charge on any atom is 0.277 e. The SMILES string of the molecule is Cc1cccc(C)c1OCc1nnc(SCC(=O)Nc2ccc3ccccc3c2)o1. The van der Waals surface area contributed by atoms with Crippen LogP contribution < -0.4 is 10.1 Å². The van der Waals surface area contributed by atoms with Crippen molar-refractivity contribution in [1.29, 1.82) is 0 Å². The Morgan fingerprint density at radius 2 is 1.77 bits per heavy atom. The number of hydrogen-bond acceptors (Lipinski definition) is 6. The predicted molar refractivity (Wildman–Crippen MR) is 118 cm³/mol. The molecule has 4 aromatic rings. The molecular formula is C23H21N3O3S. The van der Waals surface area contributed by atoms with Crippen LogP contribution in [0, 0.1) is 13.8 Å². The molecule has 0 unspecified atom stereocenters. The predicted octanol–water partition coefficient (Wildman–Crippen LogP) is 5.15. The van der Waals surface area contributed by atoms with Crippen LogP contribution in [-0.4, -0.2) is 21.9 Å². The molecule has 0 saturated carbocycles. The van der Waals surface area contributed by atoms with Gasteiger partial charge in [0.25, 0.3) is 11.1 Å². The van der Waals surface area contributed by atoms with E-state index >= 15 is 0 Å². The number of hydrogen-bond donors (Lipinski definition) is 1. The maximum atomic E-state index is 12.3. The van der Waals surface area contributed by atoms with E-state index in [1.165, 1.54) is 11.8 Å². The Bertz CT molecular complexity index is 1170. The Morgan fingerprint density at radius 3 is 2.57 bits per heavy atom. The number of carbonyl (C=O) groups is 1. The Balaban J connectivity index is 1.29. The minimum atomic E-state index is -0.137. The molecule has 0 aliphatic rings. The van der Waals surface area contributed by atoms with Gasteiger partial charge in [0.05, 0.1) is 5.75 Å². The van der Waals surface area contributed by atoms with Crippen molar-refractivity contribution in [3.8, 4) is 5.75 Å². The van der Waals surface area contributed by atoms with E-state index in [0.717, 1.165) is 33.3 Å². The highest BCUT2D eigenvalue weighted by molar-refractivity contribution is 7.99. The van der Waals surface area contributed by atoms with E-state index in [0.29, 0.717) is 11.1 Å². The van der Waals surface area contributed by atoms with E-state index in [-0.39, 0.29) is 18.3 Å². The summed E-state index contributed by atoms with van der Waals surface area (Å²) >= 11 is 1.19. The van der Waals surface area contributed by atoms with Crippen LogP contribution in [0.1, 0.15) is 17.0 Å². The Labute approximate surface area is 178 Å². The zero-order chi connectivity index (χ0) is 20.9. The number of carbonyl (C=O) groups excluding carboxylic acids is 1. The van der Waals surface area contributed by atoms with Gasteiger partial charge in [-0.2, -0.15) is 0 Å². The number of benzene rings is 3. The van der Waals surface area contributed by atoms with Gasteiger partial charge in [0.2, 0.25) is 5.91 Å². The lowest BCUT2D eigenvalue weighted by atomic mass is 10.1. The third kappa shape index (κ3) is 4.80. The van der Waals surface area contributed by atoms with E-state index in [1.807, 2.05) is 74.5 Å². The van der Waals surface area contributed by atoms with Crippen molar-refractivity contribution in [2.45, 2.75) is 25.7 Å². The number of nitrogens with one attached hydrogen (secondary N) is 1. The molecule has 0 fully saturated rings. The van der Waals surface area contributed by atoms with E-state index < -0.39 is 0 Å². The van der Waals surface area contributed by atoms with E-state index in [2.05, 4.69) is 15.5 Å². The highest BCUT2D eigenvalue weighted by atomic mass is 32.2. The largest absolute Gasteiger partial charge is 0.483 e. The standard InChI is InChI=1S/C23H21N3O3S/c1-15-6-5-7-16(2)22(15)28-13-21-25-26-23(29-21)30-14-20(27)24-19-11-10-17-8-3-4-9-18(17)12-19/h3-12H,13-14H2,1-2H3,(H,24,27). The fourth-order valence-corrected chi connectivity index (χ4v) is 3.69. The van der Waals surface area contributed by atoms with Crippen LogP contribution in [0.25, 0.3) is 10.8 Å². The van der Waals surface area contributed by atoms with E-state index in [4.69, 9.17) is 9.15 Å². The first-order chi connectivity index (χ1) is 14.6. The summed E-state index contributed by atoms with van der Waals surface area (Å²) in [5, 5.41) is 13.4. The van der Waals surface area contributed by atoms with Crippen LogP contribution in [-0.2, 0) is 11.4 Å². The summed E-state index contributed by atoms with van der Waals surface area (Å²) in [7, 11) is 0. The number of aromatic nitrogens is 2. The third-order valence-corrected chi connectivity index (χ3v) is 5.38. The topological polar surface area (TPSA) is 77.2 Å². The second-order valence-electron chi connectivity index (χ2n) is 6.87. The van der Waals surface area contributed by atoms with Crippen molar-refractivity contribution < 1.29 is 13.9 Å². The van der Waals surface area contributed by atoms with Gasteiger partial charge >= 0.3 is 0 Å². The number of ether oxygens (including phenoxy) is 1. The molecule has 1 amide bonds. The first kappa shape index (κ1) is 20.0. The van der Waals surface area contributed by atoms with E-state index in [9.17, 15) is 4.79 Å². The van der Waals surface area contributed by atoms with Crippen LogP contribution in [0.4, 0.5) is 5.69 Å². The Kier molecular flexibility index (Phi) is 5.99. The molecule has 30 heavy (non-hydrogen) atoms.